The fourth-order valence-electron chi connectivity index (χ4n) is 2.58. The minimum absolute atomic E-state index is 0.167. The van der Waals surface area contributed by atoms with Crippen LogP contribution >= 0.6 is 0 Å². The number of halogens is 1. The number of nitrogens with zero attached hydrogens (tertiary/aromatic N) is 2. The molecule has 0 atom stereocenters. The Hall–Kier alpha value is -3.48. The standard InChI is InChI=1S/C17H11FN4O2/c18-11-6-7-13-12(8-11)14-15(20-13)16(23)22(17(24)21-14)19-9-10-4-2-1-3-5-10/h1-9,20H,(H,21,24)/b19-9+. The maximum atomic E-state index is 13.4. The van der Waals surface area contributed by atoms with Crippen LogP contribution in [-0.2, 0) is 0 Å². The van der Waals surface area contributed by atoms with Crippen LogP contribution < -0.4 is 11.2 Å². The second-order valence-corrected chi connectivity index (χ2v) is 5.27. The van der Waals surface area contributed by atoms with Crippen molar-refractivity contribution in [1.82, 2.24) is 14.6 Å². The van der Waals surface area contributed by atoms with E-state index < -0.39 is 17.1 Å². The summed E-state index contributed by atoms with van der Waals surface area (Å²) in [7, 11) is 0. The van der Waals surface area contributed by atoms with Crippen LogP contribution in [0.25, 0.3) is 21.9 Å². The molecule has 0 amide bonds. The average Bonchev–Trinajstić information content (AvgIpc) is 2.94. The monoisotopic (exact) mass is 322 g/mol. The number of hydrogen-bond acceptors (Lipinski definition) is 3. The molecule has 0 aliphatic heterocycles. The van der Waals surface area contributed by atoms with Crippen LogP contribution in [0.3, 0.4) is 0 Å². The lowest BCUT2D eigenvalue weighted by Gasteiger charge is -1.98. The van der Waals surface area contributed by atoms with E-state index in [0.29, 0.717) is 10.9 Å². The van der Waals surface area contributed by atoms with Gasteiger partial charge in [0.2, 0.25) is 0 Å². The van der Waals surface area contributed by atoms with E-state index in [4.69, 9.17) is 0 Å². The Morgan fingerprint density at radius 3 is 2.58 bits per heavy atom. The fraction of sp³-hybridized carbons (Fsp3) is 0. The molecule has 0 saturated heterocycles. The molecule has 0 saturated carbocycles. The number of rotatable bonds is 2. The highest BCUT2D eigenvalue weighted by Gasteiger charge is 2.12. The number of aromatic nitrogens is 3. The van der Waals surface area contributed by atoms with E-state index in [1.54, 1.807) is 12.1 Å². The van der Waals surface area contributed by atoms with Crippen LogP contribution in [-0.4, -0.2) is 20.9 Å². The molecule has 0 fully saturated rings. The molecule has 2 heterocycles. The summed E-state index contributed by atoms with van der Waals surface area (Å²) >= 11 is 0. The number of aromatic amines is 2. The summed E-state index contributed by atoms with van der Waals surface area (Å²) < 4.78 is 14.2. The number of fused-ring (bicyclic) bond motifs is 3. The van der Waals surface area contributed by atoms with Crippen molar-refractivity contribution in [2.24, 2.45) is 5.10 Å². The molecule has 118 valence electrons. The van der Waals surface area contributed by atoms with Gasteiger partial charge in [-0.05, 0) is 23.8 Å². The quantitative estimate of drug-likeness (QED) is 0.555. The molecule has 2 aromatic carbocycles. The van der Waals surface area contributed by atoms with E-state index in [2.05, 4.69) is 15.1 Å². The van der Waals surface area contributed by atoms with Crippen LogP contribution in [0, 0.1) is 5.82 Å². The van der Waals surface area contributed by atoms with Crippen LogP contribution in [0.15, 0.2) is 63.2 Å². The van der Waals surface area contributed by atoms with E-state index in [0.717, 1.165) is 10.2 Å². The predicted molar refractivity (Wildman–Crippen MR) is 90.1 cm³/mol. The van der Waals surface area contributed by atoms with Crippen molar-refractivity contribution in [3.8, 4) is 0 Å². The first kappa shape index (κ1) is 14.1. The molecule has 2 N–H and O–H groups in total. The minimum atomic E-state index is -0.690. The van der Waals surface area contributed by atoms with Gasteiger partial charge >= 0.3 is 11.2 Å². The summed E-state index contributed by atoms with van der Waals surface area (Å²) in [6.45, 7) is 0. The van der Waals surface area contributed by atoms with Crippen molar-refractivity contribution in [2.75, 3.05) is 0 Å². The van der Waals surface area contributed by atoms with Gasteiger partial charge in [-0.1, -0.05) is 30.3 Å². The second kappa shape index (κ2) is 5.31. The summed E-state index contributed by atoms with van der Waals surface area (Å²) in [5.74, 6) is -0.449. The molecule has 7 heteroatoms. The third kappa shape index (κ3) is 2.23. The normalized spacial score (nSPS) is 11.7. The fourth-order valence-corrected chi connectivity index (χ4v) is 2.58. The van der Waals surface area contributed by atoms with Crippen LogP contribution in [0.5, 0.6) is 0 Å². The van der Waals surface area contributed by atoms with Gasteiger partial charge in [-0.15, -0.1) is 4.68 Å². The Labute approximate surface area is 133 Å². The number of nitrogens with one attached hydrogen (secondary N) is 2. The first-order valence-electron chi connectivity index (χ1n) is 7.19. The van der Waals surface area contributed by atoms with Gasteiger partial charge in [0.25, 0.3) is 0 Å². The molecule has 4 aromatic rings. The molecular weight excluding hydrogens is 311 g/mol. The molecule has 0 aliphatic carbocycles. The lowest BCUT2D eigenvalue weighted by molar-refractivity contribution is 0.630. The van der Waals surface area contributed by atoms with Crippen LogP contribution in [0.1, 0.15) is 5.56 Å². The highest BCUT2D eigenvalue weighted by atomic mass is 19.1. The third-order valence-electron chi connectivity index (χ3n) is 3.71. The number of H-pyrrole nitrogens is 2. The largest absolute Gasteiger partial charge is 0.350 e. The summed E-state index contributed by atoms with van der Waals surface area (Å²) in [6.07, 6.45) is 1.42. The molecule has 4 rings (SSSR count). The highest BCUT2D eigenvalue weighted by Crippen LogP contribution is 2.21. The van der Waals surface area contributed by atoms with Crippen molar-refractivity contribution < 1.29 is 4.39 Å². The van der Waals surface area contributed by atoms with E-state index >= 15 is 0 Å². The van der Waals surface area contributed by atoms with Crippen molar-refractivity contribution >= 4 is 28.2 Å². The van der Waals surface area contributed by atoms with Crippen molar-refractivity contribution in [3.05, 3.63) is 80.7 Å². The summed E-state index contributed by atoms with van der Waals surface area (Å²) in [4.78, 5) is 30.2. The zero-order chi connectivity index (χ0) is 16.7. The zero-order valence-corrected chi connectivity index (χ0v) is 12.3. The van der Waals surface area contributed by atoms with Gasteiger partial charge in [0.15, 0.2) is 0 Å². The zero-order valence-electron chi connectivity index (χ0n) is 12.3. The molecule has 24 heavy (non-hydrogen) atoms. The maximum Gasteiger partial charge on any atom is 0.350 e. The van der Waals surface area contributed by atoms with Gasteiger partial charge in [-0.2, -0.15) is 5.10 Å². The smallest absolute Gasteiger partial charge is 0.349 e. The highest BCUT2D eigenvalue weighted by molar-refractivity contribution is 6.04. The SMILES string of the molecule is O=c1[nH]c2c([nH]c3ccc(F)cc32)c(=O)n1/N=C/c1ccccc1. The van der Waals surface area contributed by atoms with Crippen molar-refractivity contribution in [1.29, 1.82) is 0 Å². The molecule has 0 unspecified atom stereocenters. The van der Waals surface area contributed by atoms with Crippen LogP contribution in [0.4, 0.5) is 4.39 Å². The molecule has 0 bridgehead atoms. The lowest BCUT2D eigenvalue weighted by Crippen LogP contribution is -2.32. The second-order valence-electron chi connectivity index (χ2n) is 5.27. The van der Waals surface area contributed by atoms with E-state index in [9.17, 15) is 14.0 Å². The Kier molecular flexibility index (Phi) is 3.13. The first-order chi connectivity index (χ1) is 11.6. The molecular formula is C17H11FN4O2. The number of hydrogen-bond donors (Lipinski definition) is 2. The topological polar surface area (TPSA) is 83.0 Å². The molecule has 2 aromatic heterocycles. The van der Waals surface area contributed by atoms with Crippen molar-refractivity contribution in [3.63, 3.8) is 0 Å². The first-order valence-corrected chi connectivity index (χ1v) is 7.19. The average molecular weight is 322 g/mol. The van der Waals surface area contributed by atoms with E-state index in [1.165, 1.54) is 24.4 Å². The molecule has 0 spiro atoms. The van der Waals surface area contributed by atoms with Gasteiger partial charge in [0.05, 0.1) is 11.7 Å². The van der Waals surface area contributed by atoms with E-state index in [-0.39, 0.29) is 11.0 Å². The third-order valence-corrected chi connectivity index (χ3v) is 3.71. The van der Waals surface area contributed by atoms with Gasteiger partial charge in [-0.25, -0.2) is 9.18 Å². The van der Waals surface area contributed by atoms with Gasteiger partial charge in [-0.3, -0.25) is 4.79 Å². The van der Waals surface area contributed by atoms with Gasteiger partial charge in [0.1, 0.15) is 11.3 Å². The van der Waals surface area contributed by atoms with Gasteiger partial charge in [0, 0.05) is 10.9 Å². The lowest BCUT2D eigenvalue weighted by atomic mass is 10.2. The maximum absolute atomic E-state index is 13.4. The molecule has 0 aliphatic rings. The number of benzene rings is 2. The molecule has 6 nitrogen and oxygen atoms in total. The summed E-state index contributed by atoms with van der Waals surface area (Å²) in [5.41, 5.74) is 0.458. The van der Waals surface area contributed by atoms with Crippen molar-refractivity contribution in [2.45, 2.75) is 0 Å². The van der Waals surface area contributed by atoms with E-state index in [1.807, 2.05) is 18.2 Å². The van der Waals surface area contributed by atoms with Gasteiger partial charge < -0.3 is 9.97 Å². The Morgan fingerprint density at radius 2 is 1.79 bits per heavy atom. The van der Waals surface area contributed by atoms with Crippen LogP contribution in [0.2, 0.25) is 0 Å². The Balaban J connectivity index is 1.95. The summed E-state index contributed by atoms with van der Waals surface area (Å²) in [6, 6.07) is 13.2. The predicted octanol–water partition coefficient (Wildman–Crippen LogP) is 2.19. The summed E-state index contributed by atoms with van der Waals surface area (Å²) in [5, 5.41) is 4.40. The Morgan fingerprint density at radius 1 is 1.00 bits per heavy atom. The molecule has 0 radical (unpaired) electrons. The minimum Gasteiger partial charge on any atom is -0.349 e. The Bertz CT molecular complexity index is 1200.